The van der Waals surface area contributed by atoms with E-state index in [9.17, 15) is 14.7 Å². The number of nitrogens with zero attached hydrogens (tertiary/aromatic N) is 4. The van der Waals surface area contributed by atoms with Gasteiger partial charge in [0.25, 0.3) is 11.5 Å². The van der Waals surface area contributed by atoms with Crippen molar-refractivity contribution in [1.29, 1.82) is 0 Å². The molecule has 24 heavy (non-hydrogen) atoms. The smallest absolute Gasteiger partial charge is 0.292 e. The monoisotopic (exact) mass is 335 g/mol. The second-order valence-electron chi connectivity index (χ2n) is 6.22. The lowest BCUT2D eigenvalue weighted by Gasteiger charge is -2.18. The van der Waals surface area contributed by atoms with Gasteiger partial charge in [-0.3, -0.25) is 14.3 Å². The zero-order valence-corrected chi connectivity index (χ0v) is 13.7. The van der Waals surface area contributed by atoms with E-state index in [1.807, 2.05) is 29.7 Å². The van der Waals surface area contributed by atoms with E-state index < -0.39 is 11.7 Å². The van der Waals surface area contributed by atoms with Gasteiger partial charge < -0.3 is 19.4 Å². The topological polar surface area (TPSA) is 108 Å². The van der Waals surface area contributed by atoms with Gasteiger partial charge in [0, 0.05) is 19.6 Å². The van der Waals surface area contributed by atoms with Crippen molar-refractivity contribution in [3.05, 3.63) is 39.6 Å². The summed E-state index contributed by atoms with van der Waals surface area (Å²) in [4.78, 5) is 27.1. The number of aliphatic hydroxyl groups is 1. The van der Waals surface area contributed by atoms with Gasteiger partial charge in [-0.25, -0.2) is 0 Å². The number of aryl methyl sites for hydroxylation is 1. The number of nitrogens with one attached hydrogen (secondary N) is 1. The molecule has 1 aliphatic rings. The number of carbonyl (C=O) groups excluding carboxylic acids is 1. The van der Waals surface area contributed by atoms with Crippen molar-refractivity contribution in [3.8, 4) is 0 Å². The van der Waals surface area contributed by atoms with E-state index in [2.05, 4.69) is 10.3 Å². The van der Waals surface area contributed by atoms with Crippen LogP contribution in [0.4, 0.5) is 0 Å². The first kappa shape index (κ1) is 16.5. The van der Waals surface area contributed by atoms with Gasteiger partial charge in [-0.05, 0) is 26.6 Å². The number of likely N-dealkylation sites (N-methyl/N-ethyl adjacent to an activating group) is 1. The largest absolute Gasteiger partial charge is 0.385 e. The molecule has 9 nitrogen and oxygen atoms in total. The summed E-state index contributed by atoms with van der Waals surface area (Å²) in [5, 5.41) is 16.8. The SMILES string of the molecule is CN(C)CC(O)c1cc2n(n1)CCCN(C(=O)c1cc(=O)[nH]o1)C2. The van der Waals surface area contributed by atoms with Crippen molar-refractivity contribution in [2.45, 2.75) is 25.6 Å². The fourth-order valence-electron chi connectivity index (χ4n) is 2.80. The zero-order chi connectivity index (χ0) is 17.3. The Bertz CT molecular complexity index is 775. The number of H-pyrrole nitrogens is 1. The average molecular weight is 335 g/mol. The molecule has 1 aliphatic heterocycles. The molecule has 1 unspecified atom stereocenters. The van der Waals surface area contributed by atoms with Crippen LogP contribution in [0, 0.1) is 0 Å². The van der Waals surface area contributed by atoms with Gasteiger partial charge in [-0.15, -0.1) is 0 Å². The number of carbonyl (C=O) groups is 1. The number of hydrogen-bond acceptors (Lipinski definition) is 6. The number of fused-ring (bicyclic) bond motifs is 1. The van der Waals surface area contributed by atoms with Crippen LogP contribution in [0.3, 0.4) is 0 Å². The highest BCUT2D eigenvalue weighted by atomic mass is 16.5. The Morgan fingerprint density at radius 3 is 2.92 bits per heavy atom. The maximum Gasteiger partial charge on any atom is 0.292 e. The number of aliphatic hydroxyl groups excluding tert-OH is 1. The summed E-state index contributed by atoms with van der Waals surface area (Å²) in [6, 6.07) is 2.98. The molecule has 2 N–H and O–H groups in total. The van der Waals surface area contributed by atoms with Crippen molar-refractivity contribution in [2.24, 2.45) is 0 Å². The summed E-state index contributed by atoms with van der Waals surface area (Å²) < 4.78 is 6.73. The van der Waals surface area contributed by atoms with Crippen molar-refractivity contribution in [2.75, 3.05) is 27.2 Å². The molecule has 2 aromatic heterocycles. The molecule has 0 bridgehead atoms. The lowest BCUT2D eigenvalue weighted by Crippen LogP contribution is -2.30. The minimum Gasteiger partial charge on any atom is -0.385 e. The standard InChI is InChI=1S/C15H21N5O4/c1-18(2)9-12(21)11-6-10-8-19(4-3-5-20(10)16-11)15(23)13-7-14(22)17-24-13/h6-7,12,21H,3-5,8-9H2,1-2H3,(H,17,22). The van der Waals surface area contributed by atoms with Crippen molar-refractivity contribution in [1.82, 2.24) is 24.7 Å². The van der Waals surface area contributed by atoms with Crippen LogP contribution >= 0.6 is 0 Å². The molecule has 3 heterocycles. The molecule has 9 heteroatoms. The average Bonchev–Trinajstić information content (AvgIpc) is 3.07. The van der Waals surface area contributed by atoms with E-state index >= 15 is 0 Å². The molecular formula is C15H21N5O4. The molecule has 130 valence electrons. The van der Waals surface area contributed by atoms with Crippen LogP contribution in [-0.2, 0) is 13.1 Å². The van der Waals surface area contributed by atoms with Crippen LogP contribution in [0.5, 0.6) is 0 Å². The first-order valence-electron chi connectivity index (χ1n) is 7.81. The van der Waals surface area contributed by atoms with Crippen LogP contribution in [0.15, 0.2) is 21.5 Å². The van der Waals surface area contributed by atoms with Crippen LogP contribution in [-0.4, -0.2) is 62.9 Å². The normalized spacial score (nSPS) is 16.1. The second kappa shape index (κ2) is 6.62. The molecule has 1 atom stereocenters. The zero-order valence-electron chi connectivity index (χ0n) is 13.7. The quantitative estimate of drug-likeness (QED) is 0.801. The summed E-state index contributed by atoms with van der Waals surface area (Å²) in [6.45, 7) is 2.06. The highest BCUT2D eigenvalue weighted by Crippen LogP contribution is 2.19. The van der Waals surface area contributed by atoms with E-state index in [0.717, 1.165) is 18.2 Å². The van der Waals surface area contributed by atoms with Crippen LogP contribution in [0.1, 0.15) is 34.5 Å². The molecule has 0 radical (unpaired) electrons. The predicted octanol–water partition coefficient (Wildman–Crippen LogP) is -0.195. The summed E-state index contributed by atoms with van der Waals surface area (Å²) in [5.41, 5.74) is 1.01. The van der Waals surface area contributed by atoms with Crippen molar-refractivity contribution in [3.63, 3.8) is 0 Å². The summed E-state index contributed by atoms with van der Waals surface area (Å²) >= 11 is 0. The van der Waals surface area contributed by atoms with Gasteiger partial charge >= 0.3 is 0 Å². The van der Waals surface area contributed by atoms with Gasteiger partial charge in [0.15, 0.2) is 0 Å². The van der Waals surface area contributed by atoms with Gasteiger partial charge in [-0.2, -0.15) is 10.3 Å². The number of hydrogen-bond donors (Lipinski definition) is 2. The van der Waals surface area contributed by atoms with E-state index in [1.165, 1.54) is 0 Å². The van der Waals surface area contributed by atoms with E-state index in [1.54, 1.807) is 4.90 Å². The molecular weight excluding hydrogens is 314 g/mol. The van der Waals surface area contributed by atoms with E-state index in [4.69, 9.17) is 4.52 Å². The Morgan fingerprint density at radius 2 is 2.25 bits per heavy atom. The van der Waals surface area contributed by atoms with Crippen molar-refractivity contribution < 1.29 is 14.4 Å². The van der Waals surface area contributed by atoms with Gasteiger partial charge in [-0.1, -0.05) is 0 Å². The predicted molar refractivity (Wildman–Crippen MR) is 84.4 cm³/mol. The molecule has 2 aromatic rings. The Labute approximate surface area is 138 Å². The minimum absolute atomic E-state index is 0.000770. The lowest BCUT2D eigenvalue weighted by molar-refractivity contribution is 0.0703. The minimum atomic E-state index is -0.675. The Hall–Kier alpha value is -2.39. The highest BCUT2D eigenvalue weighted by molar-refractivity contribution is 5.91. The molecule has 0 fully saturated rings. The number of rotatable bonds is 4. The first-order valence-corrected chi connectivity index (χ1v) is 7.81. The van der Waals surface area contributed by atoms with E-state index in [0.29, 0.717) is 31.9 Å². The third-order valence-electron chi connectivity index (χ3n) is 3.93. The van der Waals surface area contributed by atoms with Gasteiger partial charge in [0.1, 0.15) is 6.10 Å². The summed E-state index contributed by atoms with van der Waals surface area (Å²) in [7, 11) is 3.77. The molecule has 0 aromatic carbocycles. The second-order valence-corrected chi connectivity index (χ2v) is 6.22. The summed E-state index contributed by atoms with van der Waals surface area (Å²) in [6.07, 6.45) is 0.0597. The number of aromatic amines is 1. The first-order chi connectivity index (χ1) is 11.4. The Kier molecular flexibility index (Phi) is 4.54. The molecule has 0 saturated heterocycles. The third kappa shape index (κ3) is 3.41. The summed E-state index contributed by atoms with van der Waals surface area (Å²) in [5.74, 6) is -0.334. The molecule has 0 spiro atoms. The van der Waals surface area contributed by atoms with Crippen molar-refractivity contribution >= 4 is 5.91 Å². The van der Waals surface area contributed by atoms with Gasteiger partial charge in [0.05, 0.1) is 24.0 Å². The van der Waals surface area contributed by atoms with Crippen LogP contribution in [0.2, 0.25) is 0 Å². The Balaban J connectivity index is 1.78. The molecule has 3 rings (SSSR count). The van der Waals surface area contributed by atoms with Crippen LogP contribution in [0.25, 0.3) is 0 Å². The fourth-order valence-corrected chi connectivity index (χ4v) is 2.80. The molecule has 0 aliphatic carbocycles. The maximum absolute atomic E-state index is 12.4. The highest BCUT2D eigenvalue weighted by Gasteiger charge is 2.25. The maximum atomic E-state index is 12.4. The van der Waals surface area contributed by atoms with Gasteiger partial charge in [0.2, 0.25) is 5.76 Å². The third-order valence-corrected chi connectivity index (χ3v) is 3.93. The molecule has 1 amide bonds. The number of amides is 1. The Morgan fingerprint density at radius 1 is 1.46 bits per heavy atom. The van der Waals surface area contributed by atoms with E-state index in [-0.39, 0.29) is 11.7 Å². The number of aromatic nitrogens is 3. The fraction of sp³-hybridized carbons (Fsp3) is 0.533. The molecule has 0 saturated carbocycles. The van der Waals surface area contributed by atoms with Crippen LogP contribution < -0.4 is 5.56 Å². The lowest BCUT2D eigenvalue weighted by atomic mass is 10.2.